The van der Waals surface area contributed by atoms with Gasteiger partial charge in [0.2, 0.25) is 11.7 Å². The molecule has 1 aliphatic carbocycles. The first-order valence-electron chi connectivity index (χ1n) is 10.7. The van der Waals surface area contributed by atoms with Crippen LogP contribution in [0.4, 0.5) is 0 Å². The van der Waals surface area contributed by atoms with Gasteiger partial charge in [-0.2, -0.15) is 9.48 Å². The monoisotopic (exact) mass is 562 g/mol. The van der Waals surface area contributed by atoms with E-state index in [1.165, 1.54) is 4.90 Å². The highest BCUT2D eigenvalue weighted by molar-refractivity contribution is 6.35. The number of nitrogens with one attached hydrogen (secondary N) is 1. The maximum atomic E-state index is 13.4. The second kappa shape index (κ2) is 11.9. The normalized spacial score (nSPS) is 20.3. The van der Waals surface area contributed by atoms with Crippen molar-refractivity contribution in [2.24, 2.45) is 10.7 Å². The Kier molecular flexibility index (Phi) is 9.96. The molecule has 4 rings (SSSR count). The number of allylic oxidation sites excluding steroid dienone is 2. The van der Waals surface area contributed by atoms with Crippen molar-refractivity contribution >= 4 is 65.7 Å². The largest absolute Gasteiger partial charge is 0.480 e. The Morgan fingerprint density at radius 2 is 1.91 bits per heavy atom. The second-order valence-corrected chi connectivity index (χ2v) is 9.02. The molecule has 1 saturated carbocycles. The molecule has 1 aromatic carbocycles. The first-order valence-corrected chi connectivity index (χ1v) is 11.4. The Morgan fingerprint density at radius 1 is 1.26 bits per heavy atom. The molecular weight excluding hydrogens is 536 g/mol. The fourth-order valence-electron chi connectivity index (χ4n) is 3.76. The van der Waals surface area contributed by atoms with E-state index in [-0.39, 0.29) is 60.8 Å². The van der Waals surface area contributed by atoms with E-state index in [1.807, 2.05) is 6.92 Å². The van der Waals surface area contributed by atoms with Crippen LogP contribution in [0.25, 0.3) is 0 Å². The number of hydrogen-bond acceptors (Lipinski definition) is 6. The predicted molar refractivity (Wildman–Crippen MR) is 141 cm³/mol. The average Bonchev–Trinajstić information content (AvgIpc) is 3.55. The Labute approximate surface area is 226 Å². The van der Waals surface area contributed by atoms with Gasteiger partial charge in [0, 0.05) is 34.8 Å². The van der Waals surface area contributed by atoms with Crippen LogP contribution in [0.5, 0.6) is 0 Å². The number of nitrogens with zero attached hydrogens (tertiary/aromatic N) is 3. The number of carbonyl (C=O) groups is 2. The lowest BCUT2D eigenvalue weighted by molar-refractivity contribution is -0.646. The van der Waals surface area contributed by atoms with Crippen LogP contribution in [0, 0.1) is 0 Å². The molecule has 2 heterocycles. The quantitative estimate of drug-likeness (QED) is 0.468. The maximum Gasteiger partial charge on any atom is 0.343 e. The van der Waals surface area contributed by atoms with E-state index >= 15 is 0 Å². The molecule has 2 amide bonds. The number of benzene rings is 1. The predicted octanol–water partition coefficient (Wildman–Crippen LogP) is 3.88. The summed E-state index contributed by atoms with van der Waals surface area (Å²) in [5, 5.41) is 4.18. The van der Waals surface area contributed by atoms with Crippen molar-refractivity contribution in [3.63, 3.8) is 0 Å². The zero-order chi connectivity index (χ0) is 23.8. The van der Waals surface area contributed by atoms with Crippen LogP contribution in [0.15, 0.2) is 58.8 Å². The minimum Gasteiger partial charge on any atom is -0.480 e. The molecule has 1 aromatic rings. The summed E-state index contributed by atoms with van der Waals surface area (Å²) >= 11 is 12.7. The minimum absolute atomic E-state index is 0. The van der Waals surface area contributed by atoms with Crippen molar-refractivity contribution in [2.75, 3.05) is 20.1 Å². The van der Waals surface area contributed by atoms with Crippen molar-refractivity contribution in [1.82, 2.24) is 10.2 Å². The van der Waals surface area contributed by atoms with Gasteiger partial charge >= 0.3 is 5.91 Å². The minimum atomic E-state index is -0.309. The van der Waals surface area contributed by atoms with Gasteiger partial charge in [-0.05, 0) is 31.9 Å². The maximum absolute atomic E-state index is 13.4. The van der Waals surface area contributed by atoms with E-state index < -0.39 is 0 Å². The molecule has 190 valence electrons. The number of quaternary nitrogens is 1. The van der Waals surface area contributed by atoms with Gasteiger partial charge in [-0.3, -0.25) is 4.79 Å². The van der Waals surface area contributed by atoms with Crippen molar-refractivity contribution in [3.8, 4) is 0 Å². The third kappa shape index (κ3) is 5.91. The zero-order valence-electron chi connectivity index (χ0n) is 19.3. The molecular formula is C23H28Cl4N5O3+. The number of halogens is 4. The van der Waals surface area contributed by atoms with Crippen LogP contribution < -0.4 is 11.1 Å². The highest BCUT2D eigenvalue weighted by atomic mass is 35.5. The first-order chi connectivity index (χ1) is 15.8. The van der Waals surface area contributed by atoms with Crippen LogP contribution in [0.1, 0.15) is 25.3 Å². The van der Waals surface area contributed by atoms with Crippen molar-refractivity contribution in [3.05, 3.63) is 69.4 Å². The number of amidine groups is 1. The van der Waals surface area contributed by atoms with Crippen LogP contribution in [0.2, 0.25) is 10.0 Å². The molecule has 8 nitrogen and oxygen atoms in total. The van der Waals surface area contributed by atoms with Crippen molar-refractivity contribution in [1.29, 1.82) is 0 Å². The number of likely N-dealkylation sites (N-methyl/N-ethyl adjacent to an activating group) is 1. The molecule has 1 fully saturated rings. The molecule has 0 aromatic heterocycles. The molecule has 0 bridgehead atoms. The number of nitrogens with two attached hydrogens (primary N) is 1. The van der Waals surface area contributed by atoms with Crippen LogP contribution in [-0.4, -0.2) is 53.2 Å². The average molecular weight is 564 g/mol. The van der Waals surface area contributed by atoms with E-state index in [9.17, 15) is 9.59 Å². The number of fused-ring (bicyclic) bond motifs is 1. The van der Waals surface area contributed by atoms with Crippen molar-refractivity contribution < 1.29 is 18.8 Å². The Morgan fingerprint density at radius 3 is 2.51 bits per heavy atom. The summed E-state index contributed by atoms with van der Waals surface area (Å²) in [6, 6.07) is 5.57. The number of hydrogen-bond donors (Lipinski definition) is 2. The molecule has 3 N–H and O–H groups in total. The molecule has 35 heavy (non-hydrogen) atoms. The molecule has 0 radical (unpaired) electrons. The first kappa shape index (κ1) is 29.3. The number of carbonyl (C=O) groups excluding carboxylic acids is 2. The van der Waals surface area contributed by atoms with E-state index in [1.54, 1.807) is 43.7 Å². The van der Waals surface area contributed by atoms with Crippen LogP contribution in [-0.2, 0) is 20.9 Å². The molecule has 12 heteroatoms. The van der Waals surface area contributed by atoms with Gasteiger partial charge in [0.05, 0.1) is 17.9 Å². The summed E-state index contributed by atoms with van der Waals surface area (Å²) in [6.45, 7) is 1.86. The van der Waals surface area contributed by atoms with Crippen LogP contribution in [0.3, 0.4) is 0 Å². The fourth-order valence-corrected chi connectivity index (χ4v) is 4.26. The molecule has 0 saturated heterocycles. The van der Waals surface area contributed by atoms with Gasteiger partial charge in [-0.15, -0.1) is 24.8 Å². The number of ether oxygens (including phenoxy) is 1. The molecule has 3 aliphatic rings. The summed E-state index contributed by atoms with van der Waals surface area (Å²) in [4.78, 5) is 31.8. The van der Waals surface area contributed by atoms with Crippen LogP contribution >= 0.6 is 48.0 Å². The summed E-state index contributed by atoms with van der Waals surface area (Å²) in [6.07, 6.45) is 7.33. The lowest BCUT2D eigenvalue weighted by atomic mass is 10.1. The Bertz CT molecular complexity index is 1110. The summed E-state index contributed by atoms with van der Waals surface area (Å²) in [5.41, 5.74) is 7.30. The van der Waals surface area contributed by atoms with Gasteiger partial charge < -0.3 is 20.7 Å². The Balaban J connectivity index is 0.00000216. The smallest absolute Gasteiger partial charge is 0.343 e. The van der Waals surface area contributed by atoms with E-state index in [4.69, 9.17) is 33.7 Å². The third-order valence-electron chi connectivity index (χ3n) is 5.79. The summed E-state index contributed by atoms with van der Waals surface area (Å²) in [7, 11) is 1.60. The topological polar surface area (TPSA) is 97.0 Å². The van der Waals surface area contributed by atoms with Gasteiger partial charge in [-0.1, -0.05) is 29.3 Å². The zero-order valence-corrected chi connectivity index (χ0v) is 22.4. The lowest BCUT2D eigenvalue weighted by Crippen LogP contribution is -2.53. The van der Waals surface area contributed by atoms with E-state index in [0.29, 0.717) is 44.6 Å². The standard InChI is InChI=1S/C23H26Cl2N5O3.2ClH/c1-14-12-30(21(32)11-27-15-6-7-15)9-8-19(29(2)20(31)10-26)22(23(30)28-14)33-13-16-17(24)4-3-5-18(16)25;;/h3-5,8-9,12,15,27H,6-7,10-11,13,26H2,1-2H3;2*1H/q+1;;. The molecule has 2 aliphatic heterocycles. The SMILES string of the molecule is CC1=C[N+]2(C(=O)CNC3CC3)C=CC(N(C)C(=O)CN)=C(OCc3c(Cl)cccc3Cl)C2=N1.Cl.Cl. The van der Waals surface area contributed by atoms with Gasteiger partial charge in [0.25, 0.3) is 5.84 Å². The summed E-state index contributed by atoms with van der Waals surface area (Å²) in [5.74, 6) is 0.270. The van der Waals surface area contributed by atoms with Gasteiger partial charge in [-0.25, -0.2) is 4.79 Å². The van der Waals surface area contributed by atoms with Gasteiger partial charge in [0.15, 0.2) is 0 Å². The van der Waals surface area contributed by atoms with Crippen molar-refractivity contribution in [2.45, 2.75) is 32.4 Å². The number of rotatable bonds is 8. The van der Waals surface area contributed by atoms with E-state index in [2.05, 4.69) is 10.3 Å². The number of amides is 2. The summed E-state index contributed by atoms with van der Waals surface area (Å²) < 4.78 is 5.98. The van der Waals surface area contributed by atoms with E-state index in [0.717, 1.165) is 12.8 Å². The van der Waals surface area contributed by atoms with Gasteiger partial charge in [0.1, 0.15) is 25.6 Å². The third-order valence-corrected chi connectivity index (χ3v) is 6.50. The molecule has 1 unspecified atom stereocenters. The highest BCUT2D eigenvalue weighted by Gasteiger charge is 2.49. The second-order valence-electron chi connectivity index (χ2n) is 8.21. The lowest BCUT2D eigenvalue weighted by Gasteiger charge is -2.32. The molecule has 0 spiro atoms. The fraction of sp³-hybridized carbons (Fsp3) is 0.348. The Hall–Kier alpha value is -1.91. The molecule has 1 atom stereocenters. The number of aliphatic imine (C=N–C) groups is 1. The highest BCUT2D eigenvalue weighted by Crippen LogP contribution is 2.35.